The first-order chi connectivity index (χ1) is 10.4. The zero-order valence-electron chi connectivity index (χ0n) is 12.2. The van der Waals surface area contributed by atoms with Gasteiger partial charge in [-0.25, -0.2) is 0 Å². The molecule has 1 fully saturated rings. The Morgan fingerprint density at radius 3 is 2.68 bits per heavy atom. The molecular formula is C16H19F3N2O. The lowest BCUT2D eigenvalue weighted by Gasteiger charge is -2.37. The summed E-state index contributed by atoms with van der Waals surface area (Å²) in [6, 6.07) is 7.43. The summed E-state index contributed by atoms with van der Waals surface area (Å²) >= 11 is 0. The number of hydrogen-bond acceptors (Lipinski definition) is 2. The zero-order valence-corrected chi connectivity index (χ0v) is 12.2. The van der Waals surface area contributed by atoms with E-state index >= 15 is 0 Å². The number of alkyl halides is 3. The molecule has 1 saturated heterocycles. The highest BCUT2D eigenvalue weighted by atomic mass is 19.4. The van der Waals surface area contributed by atoms with E-state index in [0.29, 0.717) is 25.9 Å². The van der Waals surface area contributed by atoms with Crippen molar-refractivity contribution in [3.05, 3.63) is 35.4 Å². The van der Waals surface area contributed by atoms with Crippen LogP contribution in [0.15, 0.2) is 24.3 Å². The molecule has 1 aromatic carbocycles. The summed E-state index contributed by atoms with van der Waals surface area (Å²) in [7, 11) is 0. The van der Waals surface area contributed by atoms with Crippen molar-refractivity contribution < 1.29 is 18.0 Å². The summed E-state index contributed by atoms with van der Waals surface area (Å²) in [5.41, 5.74) is 2.25. The topological polar surface area (TPSA) is 32.3 Å². The molecule has 2 atom stereocenters. The fourth-order valence-electron chi connectivity index (χ4n) is 3.29. The van der Waals surface area contributed by atoms with Crippen molar-refractivity contribution in [3.8, 4) is 0 Å². The third kappa shape index (κ3) is 3.11. The lowest BCUT2D eigenvalue weighted by atomic mass is 9.93. The number of piperidine rings is 1. The highest BCUT2D eigenvalue weighted by molar-refractivity contribution is 5.82. The number of fused-ring (bicyclic) bond motifs is 1. The van der Waals surface area contributed by atoms with Gasteiger partial charge in [0.05, 0.1) is 12.0 Å². The van der Waals surface area contributed by atoms with Crippen LogP contribution < -0.4 is 5.32 Å². The normalized spacial score (nSPS) is 25.7. The summed E-state index contributed by atoms with van der Waals surface area (Å²) < 4.78 is 38.6. The molecule has 3 rings (SSSR count). The fourth-order valence-corrected chi connectivity index (χ4v) is 3.29. The lowest BCUT2D eigenvalue weighted by Crippen LogP contribution is -2.53. The monoisotopic (exact) mass is 312 g/mol. The number of nitrogens with one attached hydrogen (secondary N) is 1. The molecule has 2 unspecified atom stereocenters. The van der Waals surface area contributed by atoms with Crippen LogP contribution in [0.4, 0.5) is 13.2 Å². The Labute approximate surface area is 127 Å². The van der Waals surface area contributed by atoms with E-state index in [1.807, 2.05) is 24.3 Å². The van der Waals surface area contributed by atoms with Crippen molar-refractivity contribution in [3.63, 3.8) is 0 Å². The maximum absolute atomic E-state index is 12.9. The number of amides is 1. The minimum absolute atomic E-state index is 0.119. The molecule has 1 amide bonds. The van der Waals surface area contributed by atoms with Gasteiger partial charge in [0.15, 0.2) is 0 Å². The number of nitrogens with zero attached hydrogens (tertiary/aromatic N) is 1. The molecule has 0 bridgehead atoms. The van der Waals surface area contributed by atoms with Gasteiger partial charge in [-0.3, -0.25) is 4.79 Å². The minimum atomic E-state index is -4.22. The number of hydrogen-bond donors (Lipinski definition) is 1. The van der Waals surface area contributed by atoms with Gasteiger partial charge in [0, 0.05) is 19.6 Å². The van der Waals surface area contributed by atoms with Crippen LogP contribution in [0.25, 0.3) is 0 Å². The molecular weight excluding hydrogens is 293 g/mol. The Morgan fingerprint density at radius 1 is 1.23 bits per heavy atom. The van der Waals surface area contributed by atoms with Crippen molar-refractivity contribution in [2.75, 3.05) is 13.1 Å². The van der Waals surface area contributed by atoms with Gasteiger partial charge in [0.25, 0.3) is 0 Å². The Hall–Kier alpha value is -1.56. The van der Waals surface area contributed by atoms with Crippen molar-refractivity contribution in [1.82, 2.24) is 10.2 Å². The van der Waals surface area contributed by atoms with Crippen LogP contribution in [0.3, 0.4) is 0 Å². The second-order valence-electron chi connectivity index (χ2n) is 6.07. The first-order valence-corrected chi connectivity index (χ1v) is 7.61. The number of likely N-dealkylation sites (tertiary alicyclic amines) is 1. The SMILES string of the molecule is O=C(C1Cc2ccccc2CN1)N1CCCC(C(F)(F)F)C1. The number of rotatable bonds is 1. The number of carbonyl (C=O) groups is 1. The zero-order chi connectivity index (χ0) is 15.7. The highest BCUT2D eigenvalue weighted by Crippen LogP contribution is 2.33. The quantitative estimate of drug-likeness (QED) is 0.864. The molecule has 22 heavy (non-hydrogen) atoms. The van der Waals surface area contributed by atoms with Gasteiger partial charge in [0.2, 0.25) is 5.91 Å². The molecule has 2 aliphatic heterocycles. The van der Waals surface area contributed by atoms with Gasteiger partial charge in [-0.2, -0.15) is 13.2 Å². The molecule has 0 aromatic heterocycles. The van der Waals surface area contributed by atoms with Gasteiger partial charge in [0.1, 0.15) is 0 Å². The molecule has 3 nitrogen and oxygen atoms in total. The van der Waals surface area contributed by atoms with Crippen molar-refractivity contribution in [2.24, 2.45) is 5.92 Å². The number of carbonyl (C=O) groups excluding carboxylic acids is 1. The lowest BCUT2D eigenvalue weighted by molar-refractivity contribution is -0.188. The van der Waals surface area contributed by atoms with Gasteiger partial charge in [-0.05, 0) is 30.4 Å². The van der Waals surface area contributed by atoms with Crippen LogP contribution >= 0.6 is 0 Å². The van der Waals surface area contributed by atoms with E-state index in [1.54, 1.807) is 0 Å². The summed E-state index contributed by atoms with van der Waals surface area (Å²) in [6.45, 7) is 0.802. The van der Waals surface area contributed by atoms with E-state index in [9.17, 15) is 18.0 Å². The van der Waals surface area contributed by atoms with Crippen molar-refractivity contribution >= 4 is 5.91 Å². The molecule has 0 radical (unpaired) electrons. The van der Waals surface area contributed by atoms with Gasteiger partial charge in [-0.15, -0.1) is 0 Å². The molecule has 2 aliphatic rings. The Balaban J connectivity index is 1.67. The Bertz CT molecular complexity index is 559. The van der Waals surface area contributed by atoms with Gasteiger partial charge >= 0.3 is 6.18 Å². The second-order valence-corrected chi connectivity index (χ2v) is 6.07. The second kappa shape index (κ2) is 5.91. The molecule has 120 valence electrons. The average molecular weight is 312 g/mol. The van der Waals surface area contributed by atoms with E-state index in [1.165, 1.54) is 4.90 Å². The summed E-state index contributed by atoms with van der Waals surface area (Å²) in [5, 5.41) is 3.15. The van der Waals surface area contributed by atoms with Crippen LogP contribution in [0.5, 0.6) is 0 Å². The van der Waals surface area contributed by atoms with E-state index < -0.39 is 18.1 Å². The van der Waals surface area contributed by atoms with Crippen molar-refractivity contribution in [2.45, 2.75) is 38.0 Å². The summed E-state index contributed by atoms with van der Waals surface area (Å²) in [5.74, 6) is -1.59. The van der Waals surface area contributed by atoms with Crippen LogP contribution in [0, 0.1) is 5.92 Å². The number of halogens is 3. The predicted molar refractivity (Wildman–Crippen MR) is 76.1 cm³/mol. The maximum atomic E-state index is 12.9. The van der Waals surface area contributed by atoms with Gasteiger partial charge in [-0.1, -0.05) is 24.3 Å². The van der Waals surface area contributed by atoms with Crippen LogP contribution in [0.1, 0.15) is 24.0 Å². The van der Waals surface area contributed by atoms with Crippen LogP contribution in [-0.4, -0.2) is 36.1 Å². The first kappa shape index (κ1) is 15.3. The van der Waals surface area contributed by atoms with E-state index in [0.717, 1.165) is 11.1 Å². The first-order valence-electron chi connectivity index (χ1n) is 7.61. The fraction of sp³-hybridized carbons (Fsp3) is 0.562. The maximum Gasteiger partial charge on any atom is 0.393 e. The average Bonchev–Trinajstić information content (AvgIpc) is 2.53. The smallest absolute Gasteiger partial charge is 0.341 e. The molecule has 6 heteroatoms. The third-order valence-electron chi connectivity index (χ3n) is 4.58. The van der Waals surface area contributed by atoms with Crippen LogP contribution in [0.2, 0.25) is 0 Å². The van der Waals surface area contributed by atoms with E-state index in [-0.39, 0.29) is 18.9 Å². The highest BCUT2D eigenvalue weighted by Gasteiger charge is 2.43. The molecule has 2 heterocycles. The molecule has 0 aliphatic carbocycles. The molecule has 0 spiro atoms. The minimum Gasteiger partial charge on any atom is -0.341 e. The van der Waals surface area contributed by atoms with E-state index in [2.05, 4.69) is 5.32 Å². The molecule has 1 aromatic rings. The Morgan fingerprint density at radius 2 is 1.95 bits per heavy atom. The standard InChI is InChI=1S/C16H19F3N2O/c17-16(18,19)13-6-3-7-21(10-13)15(22)14-8-11-4-1-2-5-12(11)9-20-14/h1-2,4-5,13-14,20H,3,6-10H2. The van der Waals surface area contributed by atoms with Crippen molar-refractivity contribution in [1.29, 1.82) is 0 Å². The third-order valence-corrected chi connectivity index (χ3v) is 4.58. The summed E-state index contributed by atoms with van der Waals surface area (Å²) in [6.07, 6.45) is -3.14. The van der Waals surface area contributed by atoms with Crippen LogP contribution in [-0.2, 0) is 17.8 Å². The molecule has 1 N–H and O–H groups in total. The predicted octanol–water partition coefficient (Wildman–Crippen LogP) is 2.50. The molecule has 0 saturated carbocycles. The largest absolute Gasteiger partial charge is 0.393 e. The Kier molecular flexibility index (Phi) is 4.12. The number of benzene rings is 1. The van der Waals surface area contributed by atoms with Gasteiger partial charge < -0.3 is 10.2 Å². The van der Waals surface area contributed by atoms with E-state index in [4.69, 9.17) is 0 Å². The summed E-state index contributed by atoms with van der Waals surface area (Å²) in [4.78, 5) is 13.9.